The summed E-state index contributed by atoms with van der Waals surface area (Å²) in [4.78, 5) is 32.8. The molecule has 8 nitrogen and oxygen atoms in total. The van der Waals surface area contributed by atoms with E-state index in [2.05, 4.69) is 15.2 Å². The molecule has 10 heteroatoms. The summed E-state index contributed by atoms with van der Waals surface area (Å²) in [7, 11) is 5.49. The van der Waals surface area contributed by atoms with E-state index in [-0.39, 0.29) is 18.1 Å². The second kappa shape index (κ2) is 11.6. The van der Waals surface area contributed by atoms with Crippen molar-refractivity contribution < 1.29 is 14.3 Å². The summed E-state index contributed by atoms with van der Waals surface area (Å²) in [5, 5.41) is 3.49. The molecule has 188 valence electrons. The number of halogens is 1. The van der Waals surface area contributed by atoms with Crippen LogP contribution < -0.4 is 20.3 Å². The Hall–Kier alpha value is -3.40. The second-order valence-corrected chi connectivity index (χ2v) is 9.87. The molecule has 2 aromatic carbocycles. The summed E-state index contributed by atoms with van der Waals surface area (Å²) in [5.41, 5.74) is 2.00. The minimum Gasteiger partial charge on any atom is -0.493 e. The zero-order chi connectivity index (χ0) is 25.7. The van der Waals surface area contributed by atoms with Gasteiger partial charge in [-0.05, 0) is 63.0 Å². The first-order chi connectivity index (χ1) is 17.4. The maximum absolute atomic E-state index is 13.3. The number of amides is 1. The highest BCUT2D eigenvalue weighted by atomic mass is 35.5. The van der Waals surface area contributed by atoms with E-state index < -0.39 is 0 Å². The third-order valence-corrected chi connectivity index (χ3v) is 6.87. The Morgan fingerprint density at radius 2 is 1.92 bits per heavy atom. The van der Waals surface area contributed by atoms with Crippen molar-refractivity contribution in [1.29, 1.82) is 0 Å². The van der Waals surface area contributed by atoms with Gasteiger partial charge in [-0.1, -0.05) is 23.7 Å². The predicted molar refractivity (Wildman–Crippen MR) is 144 cm³/mol. The van der Waals surface area contributed by atoms with Gasteiger partial charge in [-0.25, -0.2) is 4.98 Å². The average molecular weight is 527 g/mol. The average Bonchev–Trinajstić information content (AvgIpc) is 3.31. The number of rotatable bonds is 10. The number of nitrogens with one attached hydrogen (secondary N) is 1. The fourth-order valence-corrected chi connectivity index (χ4v) is 4.77. The molecule has 0 saturated heterocycles. The molecule has 0 radical (unpaired) electrons. The maximum Gasteiger partial charge on any atom is 0.275 e. The SMILES string of the molecule is COc1cc(-n2cnc3cc(-c4ccc(Cl)cc4)sc3c2=O)ccc1OCC(=O)NCCCN(C)C. The fourth-order valence-electron chi connectivity index (χ4n) is 3.60. The fraction of sp³-hybridized carbons (Fsp3) is 0.269. The minimum atomic E-state index is -0.208. The van der Waals surface area contributed by atoms with Crippen molar-refractivity contribution in [3.63, 3.8) is 0 Å². The molecule has 0 aliphatic heterocycles. The van der Waals surface area contributed by atoms with Crippen molar-refractivity contribution in [3.8, 4) is 27.6 Å². The van der Waals surface area contributed by atoms with Gasteiger partial charge in [0, 0.05) is 22.5 Å². The highest BCUT2D eigenvalue weighted by Gasteiger charge is 2.14. The number of ether oxygens (including phenoxy) is 2. The zero-order valence-electron chi connectivity index (χ0n) is 20.3. The lowest BCUT2D eigenvalue weighted by Gasteiger charge is -2.13. The number of methoxy groups -OCH3 is 1. The quantitative estimate of drug-likeness (QED) is 0.311. The Balaban J connectivity index is 1.51. The van der Waals surface area contributed by atoms with Crippen LogP contribution in [0.4, 0.5) is 0 Å². The number of benzene rings is 2. The third-order valence-electron chi connectivity index (χ3n) is 5.45. The molecule has 0 aliphatic carbocycles. The third kappa shape index (κ3) is 6.04. The van der Waals surface area contributed by atoms with Crippen molar-refractivity contribution in [2.24, 2.45) is 0 Å². The van der Waals surface area contributed by atoms with Gasteiger partial charge in [0.1, 0.15) is 11.0 Å². The molecule has 4 rings (SSSR count). The van der Waals surface area contributed by atoms with Crippen LogP contribution in [0.1, 0.15) is 6.42 Å². The van der Waals surface area contributed by atoms with E-state index in [0.717, 1.165) is 23.4 Å². The van der Waals surface area contributed by atoms with E-state index in [1.165, 1.54) is 29.3 Å². The molecule has 2 heterocycles. The summed E-state index contributed by atoms with van der Waals surface area (Å²) in [6, 6.07) is 14.5. The highest BCUT2D eigenvalue weighted by Crippen LogP contribution is 2.32. The lowest BCUT2D eigenvalue weighted by atomic mass is 10.2. The van der Waals surface area contributed by atoms with Crippen LogP contribution in [0.25, 0.3) is 26.3 Å². The second-order valence-electron chi connectivity index (χ2n) is 8.38. The van der Waals surface area contributed by atoms with E-state index >= 15 is 0 Å². The normalized spacial score (nSPS) is 11.1. The molecule has 1 amide bonds. The summed E-state index contributed by atoms with van der Waals surface area (Å²) in [6.07, 6.45) is 2.36. The van der Waals surface area contributed by atoms with Crippen molar-refractivity contribution in [2.75, 3.05) is 40.9 Å². The van der Waals surface area contributed by atoms with E-state index in [0.29, 0.717) is 39.0 Å². The van der Waals surface area contributed by atoms with Crippen LogP contribution in [-0.2, 0) is 4.79 Å². The molecule has 0 unspecified atom stereocenters. The predicted octanol–water partition coefficient (Wildman–Crippen LogP) is 4.22. The maximum atomic E-state index is 13.3. The molecular weight excluding hydrogens is 500 g/mol. The molecule has 4 aromatic rings. The van der Waals surface area contributed by atoms with Gasteiger partial charge in [0.25, 0.3) is 11.5 Å². The van der Waals surface area contributed by atoms with Gasteiger partial charge in [0.05, 0.1) is 18.3 Å². The number of hydrogen-bond donors (Lipinski definition) is 1. The van der Waals surface area contributed by atoms with Gasteiger partial charge in [0.2, 0.25) is 0 Å². The monoisotopic (exact) mass is 526 g/mol. The molecule has 0 fully saturated rings. The standard InChI is InChI=1S/C26H27ClN4O4S/c1-30(2)12-4-11-28-24(32)15-35-21-10-9-19(13-22(21)34-3)31-16-29-20-14-23(36-25(20)26(31)33)17-5-7-18(27)8-6-17/h5-10,13-14,16H,4,11-12,15H2,1-3H3,(H,28,32). The minimum absolute atomic E-state index is 0.131. The first-order valence-electron chi connectivity index (χ1n) is 11.4. The van der Waals surface area contributed by atoms with Gasteiger partial charge < -0.3 is 19.7 Å². The number of fused-ring (bicyclic) bond motifs is 1. The number of nitrogens with zero attached hydrogens (tertiary/aromatic N) is 3. The zero-order valence-corrected chi connectivity index (χ0v) is 21.9. The topological polar surface area (TPSA) is 85.7 Å². The number of carbonyl (C=O) groups is 1. The van der Waals surface area contributed by atoms with Gasteiger partial charge in [-0.2, -0.15) is 0 Å². The number of aromatic nitrogens is 2. The van der Waals surface area contributed by atoms with E-state index in [9.17, 15) is 9.59 Å². The Kier molecular flexibility index (Phi) is 8.25. The van der Waals surface area contributed by atoms with Crippen LogP contribution in [0.3, 0.4) is 0 Å². The molecule has 0 atom stereocenters. The van der Waals surface area contributed by atoms with Crippen LogP contribution in [-0.4, -0.2) is 61.3 Å². The molecule has 2 aromatic heterocycles. The van der Waals surface area contributed by atoms with Gasteiger partial charge in [-0.15, -0.1) is 11.3 Å². The molecule has 0 bridgehead atoms. The molecular formula is C26H27ClN4O4S. The van der Waals surface area contributed by atoms with Crippen LogP contribution in [0.2, 0.25) is 5.02 Å². The molecule has 36 heavy (non-hydrogen) atoms. The highest BCUT2D eigenvalue weighted by molar-refractivity contribution is 7.22. The Morgan fingerprint density at radius 3 is 2.64 bits per heavy atom. The molecule has 0 spiro atoms. The van der Waals surface area contributed by atoms with Gasteiger partial charge in [0.15, 0.2) is 18.1 Å². The van der Waals surface area contributed by atoms with Crippen LogP contribution in [0.5, 0.6) is 11.5 Å². The summed E-state index contributed by atoms with van der Waals surface area (Å²) in [5.74, 6) is 0.612. The summed E-state index contributed by atoms with van der Waals surface area (Å²) in [6.45, 7) is 1.34. The van der Waals surface area contributed by atoms with Gasteiger partial charge >= 0.3 is 0 Å². The van der Waals surface area contributed by atoms with E-state index in [4.69, 9.17) is 21.1 Å². The van der Waals surface area contributed by atoms with Crippen molar-refractivity contribution >= 4 is 39.1 Å². The Morgan fingerprint density at radius 1 is 1.14 bits per heavy atom. The number of hydrogen-bond acceptors (Lipinski definition) is 7. The molecule has 0 aliphatic rings. The van der Waals surface area contributed by atoms with Crippen molar-refractivity contribution in [1.82, 2.24) is 19.8 Å². The molecule has 1 N–H and O–H groups in total. The first-order valence-corrected chi connectivity index (χ1v) is 12.5. The smallest absolute Gasteiger partial charge is 0.275 e. The summed E-state index contributed by atoms with van der Waals surface area (Å²) < 4.78 is 13.1. The first kappa shape index (κ1) is 25.7. The Bertz CT molecular complexity index is 1420. The number of thiophene rings is 1. The van der Waals surface area contributed by atoms with Crippen molar-refractivity contribution in [3.05, 3.63) is 70.2 Å². The largest absolute Gasteiger partial charge is 0.493 e. The number of carbonyl (C=O) groups excluding carboxylic acids is 1. The van der Waals surface area contributed by atoms with Crippen molar-refractivity contribution in [2.45, 2.75) is 6.42 Å². The lowest BCUT2D eigenvalue weighted by molar-refractivity contribution is -0.123. The Labute approximate surface area is 218 Å². The summed E-state index contributed by atoms with van der Waals surface area (Å²) >= 11 is 7.38. The van der Waals surface area contributed by atoms with Gasteiger partial charge in [-0.3, -0.25) is 14.2 Å². The van der Waals surface area contributed by atoms with Crippen LogP contribution >= 0.6 is 22.9 Å². The van der Waals surface area contributed by atoms with E-state index in [1.807, 2.05) is 44.4 Å². The molecule has 0 saturated carbocycles. The van der Waals surface area contributed by atoms with Crippen LogP contribution in [0.15, 0.2) is 59.7 Å². The lowest BCUT2D eigenvalue weighted by Crippen LogP contribution is -2.31. The van der Waals surface area contributed by atoms with E-state index in [1.54, 1.807) is 18.2 Å². The van der Waals surface area contributed by atoms with Crippen LogP contribution in [0, 0.1) is 0 Å².